The highest BCUT2D eigenvalue weighted by molar-refractivity contribution is 5.37. The van der Waals surface area contributed by atoms with Gasteiger partial charge < -0.3 is 5.11 Å². The lowest BCUT2D eigenvalue weighted by Crippen LogP contribution is -2.44. The maximum atomic E-state index is 13.3. The van der Waals surface area contributed by atoms with Crippen molar-refractivity contribution in [1.82, 2.24) is 4.90 Å². The lowest BCUT2D eigenvalue weighted by molar-refractivity contribution is -0.387. The smallest absolute Gasteiger partial charge is 0.305 e. The summed E-state index contributed by atoms with van der Waals surface area (Å²) in [4.78, 5) is 12.4. The Kier molecular flexibility index (Phi) is 5.47. The molecule has 1 aromatic rings. The summed E-state index contributed by atoms with van der Waals surface area (Å²) in [7, 11) is 0. The molecule has 0 radical (unpaired) electrons. The standard InChI is InChI=1S/C16H23FN2O3/c1-11-4-3-5-12(2)18(11)9-8-16(20)13-6-7-14(17)15(10-13)19(21)22/h6-7,10-12,16,20H,3-5,8-9H2,1-2H3. The minimum atomic E-state index is -0.876. The van der Waals surface area contributed by atoms with Gasteiger partial charge in [0.1, 0.15) is 0 Å². The Morgan fingerprint density at radius 2 is 2.05 bits per heavy atom. The molecule has 0 aromatic heterocycles. The first kappa shape index (κ1) is 16.8. The molecule has 0 saturated carbocycles. The van der Waals surface area contributed by atoms with Crippen LogP contribution < -0.4 is 0 Å². The van der Waals surface area contributed by atoms with E-state index in [2.05, 4.69) is 18.7 Å². The molecule has 1 saturated heterocycles. The van der Waals surface area contributed by atoms with Gasteiger partial charge in [-0.1, -0.05) is 12.5 Å². The Bertz CT molecular complexity index is 528. The van der Waals surface area contributed by atoms with Crippen molar-refractivity contribution in [3.8, 4) is 0 Å². The molecule has 6 heteroatoms. The van der Waals surface area contributed by atoms with Crippen LogP contribution in [0.25, 0.3) is 0 Å². The third-order valence-corrected chi connectivity index (χ3v) is 4.59. The van der Waals surface area contributed by atoms with E-state index in [-0.39, 0.29) is 0 Å². The number of piperidine rings is 1. The van der Waals surface area contributed by atoms with Crippen molar-refractivity contribution in [1.29, 1.82) is 0 Å². The molecule has 5 nitrogen and oxygen atoms in total. The average molecular weight is 310 g/mol. The highest BCUT2D eigenvalue weighted by Gasteiger charge is 2.25. The van der Waals surface area contributed by atoms with Crippen molar-refractivity contribution >= 4 is 5.69 Å². The summed E-state index contributed by atoms with van der Waals surface area (Å²) in [6.45, 7) is 5.10. The number of nitrogens with zero attached hydrogens (tertiary/aromatic N) is 2. The second kappa shape index (κ2) is 7.15. The predicted octanol–water partition coefficient (Wildman–Crippen LogP) is 3.42. The van der Waals surface area contributed by atoms with Gasteiger partial charge in [-0.2, -0.15) is 4.39 Å². The number of halogens is 1. The van der Waals surface area contributed by atoms with Gasteiger partial charge in [0.15, 0.2) is 0 Å². The fraction of sp³-hybridized carbons (Fsp3) is 0.625. The van der Waals surface area contributed by atoms with Crippen LogP contribution in [0, 0.1) is 15.9 Å². The van der Waals surface area contributed by atoms with E-state index in [4.69, 9.17) is 0 Å². The van der Waals surface area contributed by atoms with Gasteiger partial charge in [0.2, 0.25) is 5.82 Å². The van der Waals surface area contributed by atoms with Crippen LogP contribution in [0.15, 0.2) is 18.2 Å². The number of aliphatic hydroxyl groups excluding tert-OH is 1. The van der Waals surface area contributed by atoms with Crippen LogP contribution in [-0.2, 0) is 0 Å². The summed E-state index contributed by atoms with van der Waals surface area (Å²) in [5.74, 6) is -0.876. The van der Waals surface area contributed by atoms with E-state index in [0.717, 1.165) is 31.5 Å². The van der Waals surface area contributed by atoms with E-state index >= 15 is 0 Å². The molecular weight excluding hydrogens is 287 g/mol. The van der Waals surface area contributed by atoms with Crippen molar-refractivity contribution in [2.45, 2.75) is 57.7 Å². The first-order valence-corrected chi connectivity index (χ1v) is 7.77. The molecule has 1 aromatic carbocycles. The predicted molar refractivity (Wildman–Crippen MR) is 82.1 cm³/mol. The van der Waals surface area contributed by atoms with Crippen LogP contribution in [-0.4, -0.2) is 33.6 Å². The van der Waals surface area contributed by atoms with Crippen LogP contribution in [0.2, 0.25) is 0 Å². The Labute approximate surface area is 129 Å². The van der Waals surface area contributed by atoms with E-state index < -0.39 is 22.5 Å². The fourth-order valence-corrected chi connectivity index (χ4v) is 3.23. The van der Waals surface area contributed by atoms with Crippen molar-refractivity contribution in [3.63, 3.8) is 0 Å². The van der Waals surface area contributed by atoms with E-state index in [0.29, 0.717) is 24.1 Å². The lowest BCUT2D eigenvalue weighted by atomic mass is 9.96. The first-order valence-electron chi connectivity index (χ1n) is 7.77. The summed E-state index contributed by atoms with van der Waals surface area (Å²) < 4.78 is 13.3. The molecule has 22 heavy (non-hydrogen) atoms. The molecule has 0 amide bonds. The SMILES string of the molecule is CC1CCCC(C)N1CCC(O)c1ccc(F)c([N+](=O)[O-])c1. The Morgan fingerprint density at radius 3 is 2.64 bits per heavy atom. The number of nitro groups is 1. The van der Waals surface area contributed by atoms with Gasteiger partial charge in [0, 0.05) is 24.7 Å². The molecule has 3 unspecified atom stereocenters. The van der Waals surface area contributed by atoms with Crippen LogP contribution in [0.1, 0.15) is 51.2 Å². The van der Waals surface area contributed by atoms with Crippen LogP contribution in [0.4, 0.5) is 10.1 Å². The quantitative estimate of drug-likeness (QED) is 0.668. The minimum absolute atomic E-state index is 0.394. The van der Waals surface area contributed by atoms with Crippen molar-refractivity contribution in [2.24, 2.45) is 0 Å². The number of hydrogen-bond donors (Lipinski definition) is 1. The number of likely N-dealkylation sites (tertiary alicyclic amines) is 1. The van der Waals surface area contributed by atoms with Gasteiger partial charge in [-0.05, 0) is 44.7 Å². The number of nitro benzene ring substituents is 1. The monoisotopic (exact) mass is 310 g/mol. The molecule has 0 spiro atoms. The number of aliphatic hydroxyl groups is 1. The number of hydrogen-bond acceptors (Lipinski definition) is 4. The third kappa shape index (κ3) is 3.81. The molecule has 1 N–H and O–H groups in total. The molecule has 1 aliphatic rings. The summed E-state index contributed by atoms with van der Waals surface area (Å²) in [6.07, 6.45) is 3.20. The van der Waals surface area contributed by atoms with Gasteiger partial charge in [-0.25, -0.2) is 0 Å². The highest BCUT2D eigenvalue weighted by Crippen LogP contribution is 2.27. The van der Waals surface area contributed by atoms with Crippen molar-refractivity contribution in [2.75, 3.05) is 6.54 Å². The van der Waals surface area contributed by atoms with Gasteiger partial charge in [-0.3, -0.25) is 15.0 Å². The Morgan fingerprint density at radius 1 is 1.41 bits per heavy atom. The molecule has 0 bridgehead atoms. The lowest BCUT2D eigenvalue weighted by Gasteiger charge is -2.39. The largest absolute Gasteiger partial charge is 0.388 e. The number of rotatable bonds is 5. The number of benzene rings is 1. The molecule has 3 atom stereocenters. The summed E-state index contributed by atoms with van der Waals surface area (Å²) in [5.41, 5.74) is -0.193. The van der Waals surface area contributed by atoms with Gasteiger partial charge in [0.05, 0.1) is 11.0 Å². The van der Waals surface area contributed by atoms with Gasteiger partial charge in [-0.15, -0.1) is 0 Å². The van der Waals surface area contributed by atoms with Gasteiger partial charge >= 0.3 is 5.69 Å². The zero-order chi connectivity index (χ0) is 16.3. The highest BCUT2D eigenvalue weighted by atomic mass is 19.1. The molecular formula is C16H23FN2O3. The molecule has 0 aliphatic carbocycles. The second-order valence-electron chi connectivity index (χ2n) is 6.14. The maximum absolute atomic E-state index is 13.3. The van der Waals surface area contributed by atoms with Crippen molar-refractivity contribution < 1.29 is 14.4 Å². The van der Waals surface area contributed by atoms with Crippen LogP contribution >= 0.6 is 0 Å². The second-order valence-corrected chi connectivity index (χ2v) is 6.14. The first-order chi connectivity index (χ1) is 10.4. The van der Waals surface area contributed by atoms with E-state index in [1.54, 1.807) is 0 Å². The fourth-order valence-electron chi connectivity index (χ4n) is 3.23. The zero-order valence-electron chi connectivity index (χ0n) is 13.0. The topological polar surface area (TPSA) is 66.6 Å². The zero-order valence-corrected chi connectivity index (χ0v) is 13.0. The van der Waals surface area contributed by atoms with E-state index in [1.165, 1.54) is 12.5 Å². The molecule has 2 rings (SSSR count). The summed E-state index contributed by atoms with van der Waals surface area (Å²) in [5, 5.41) is 21.0. The van der Waals surface area contributed by atoms with Crippen LogP contribution in [0.5, 0.6) is 0 Å². The molecule has 1 aliphatic heterocycles. The third-order valence-electron chi connectivity index (χ3n) is 4.59. The maximum Gasteiger partial charge on any atom is 0.305 e. The Balaban J connectivity index is 2.01. The molecule has 1 heterocycles. The normalized spacial score (nSPS) is 24.2. The molecule has 122 valence electrons. The summed E-state index contributed by atoms with van der Waals surface area (Å²) in [6, 6.07) is 4.55. The van der Waals surface area contributed by atoms with E-state index in [9.17, 15) is 19.6 Å². The minimum Gasteiger partial charge on any atom is -0.388 e. The van der Waals surface area contributed by atoms with Gasteiger partial charge in [0.25, 0.3) is 0 Å². The van der Waals surface area contributed by atoms with E-state index in [1.807, 2.05) is 0 Å². The van der Waals surface area contributed by atoms with Crippen molar-refractivity contribution in [3.05, 3.63) is 39.7 Å². The van der Waals surface area contributed by atoms with Crippen LogP contribution in [0.3, 0.4) is 0 Å². The summed E-state index contributed by atoms with van der Waals surface area (Å²) >= 11 is 0. The Hall–Kier alpha value is -1.53. The average Bonchev–Trinajstić information content (AvgIpc) is 2.46. The molecule has 1 fully saturated rings.